The summed E-state index contributed by atoms with van der Waals surface area (Å²) in [4.78, 5) is 24.0. The zero-order chi connectivity index (χ0) is 21.2. The van der Waals surface area contributed by atoms with Crippen molar-refractivity contribution in [3.63, 3.8) is 0 Å². The number of para-hydroxylation sites is 1. The monoisotopic (exact) mass is 452 g/mol. The van der Waals surface area contributed by atoms with Gasteiger partial charge in [-0.15, -0.1) is 11.3 Å². The molecule has 3 heterocycles. The molecule has 158 valence electrons. The van der Waals surface area contributed by atoms with E-state index in [1.54, 1.807) is 23.5 Å². The number of likely N-dealkylation sites (tertiary alicyclic amines) is 1. The van der Waals surface area contributed by atoms with Gasteiger partial charge in [-0.3, -0.25) is 4.79 Å². The van der Waals surface area contributed by atoms with Gasteiger partial charge in [-0.25, -0.2) is 4.98 Å². The van der Waals surface area contributed by atoms with Gasteiger partial charge in [0.1, 0.15) is 0 Å². The van der Waals surface area contributed by atoms with E-state index in [9.17, 15) is 4.79 Å². The Balaban J connectivity index is 1.20. The van der Waals surface area contributed by atoms with Gasteiger partial charge in [0, 0.05) is 42.4 Å². The van der Waals surface area contributed by atoms with E-state index in [-0.39, 0.29) is 5.91 Å². The van der Waals surface area contributed by atoms with Crippen molar-refractivity contribution in [1.29, 1.82) is 0 Å². The van der Waals surface area contributed by atoms with Crippen molar-refractivity contribution >= 4 is 39.1 Å². The van der Waals surface area contributed by atoms with Gasteiger partial charge in [0.05, 0.1) is 15.2 Å². The molecule has 2 aromatic carbocycles. The van der Waals surface area contributed by atoms with E-state index >= 15 is 0 Å². The highest BCUT2D eigenvalue weighted by Gasteiger charge is 2.27. The van der Waals surface area contributed by atoms with E-state index in [0.717, 1.165) is 42.0 Å². The van der Waals surface area contributed by atoms with E-state index in [1.165, 1.54) is 4.70 Å². The third-order valence-electron chi connectivity index (χ3n) is 5.56. The fraction of sp³-hybridized carbons (Fsp3) is 0.304. The Hall–Kier alpha value is -2.77. The Kier molecular flexibility index (Phi) is 5.70. The van der Waals surface area contributed by atoms with Crippen LogP contribution in [0.4, 0.5) is 0 Å². The first-order valence-corrected chi connectivity index (χ1v) is 11.6. The molecule has 5 rings (SSSR count). The Bertz CT molecular complexity index is 1170. The van der Waals surface area contributed by atoms with Crippen molar-refractivity contribution in [1.82, 2.24) is 20.0 Å². The van der Waals surface area contributed by atoms with Crippen LogP contribution in [0, 0.1) is 0 Å². The molecule has 31 heavy (non-hydrogen) atoms. The number of rotatable bonds is 5. The van der Waals surface area contributed by atoms with E-state index in [2.05, 4.69) is 16.2 Å². The zero-order valence-corrected chi connectivity index (χ0v) is 18.4. The van der Waals surface area contributed by atoms with Gasteiger partial charge in [0.15, 0.2) is 0 Å². The smallest absolute Gasteiger partial charge is 0.227 e. The highest BCUT2D eigenvalue weighted by atomic mass is 35.5. The molecule has 1 saturated heterocycles. The second kappa shape index (κ2) is 8.77. The molecule has 2 aromatic heterocycles. The molecule has 0 saturated carbocycles. The fourth-order valence-corrected chi connectivity index (χ4v) is 5.13. The fourth-order valence-electron chi connectivity index (χ4n) is 3.91. The third kappa shape index (κ3) is 4.48. The van der Waals surface area contributed by atoms with Crippen LogP contribution < -0.4 is 0 Å². The van der Waals surface area contributed by atoms with Gasteiger partial charge in [-0.2, -0.15) is 4.98 Å². The minimum Gasteiger partial charge on any atom is -0.342 e. The molecular formula is C23H21ClN4O2S. The number of benzene rings is 2. The summed E-state index contributed by atoms with van der Waals surface area (Å²) in [6, 6.07) is 15.5. The highest BCUT2D eigenvalue weighted by molar-refractivity contribution is 7.18. The summed E-state index contributed by atoms with van der Waals surface area (Å²) in [7, 11) is 0. The third-order valence-corrected chi connectivity index (χ3v) is 7.01. The number of piperidine rings is 1. The lowest BCUT2D eigenvalue weighted by Crippen LogP contribution is -2.39. The van der Waals surface area contributed by atoms with Crippen molar-refractivity contribution in [2.75, 3.05) is 13.1 Å². The number of nitrogens with zero attached hydrogens (tertiary/aromatic N) is 4. The molecule has 1 fully saturated rings. The van der Waals surface area contributed by atoms with Crippen LogP contribution in [0.5, 0.6) is 0 Å². The van der Waals surface area contributed by atoms with Crippen molar-refractivity contribution in [3.05, 3.63) is 64.5 Å². The number of hydrogen-bond donors (Lipinski definition) is 0. The van der Waals surface area contributed by atoms with E-state index in [0.29, 0.717) is 35.5 Å². The molecule has 0 N–H and O–H groups in total. The van der Waals surface area contributed by atoms with Crippen LogP contribution in [0.15, 0.2) is 53.1 Å². The number of aryl methyl sites for hydroxylation is 1. The van der Waals surface area contributed by atoms with Crippen LogP contribution in [-0.4, -0.2) is 39.0 Å². The number of amides is 1. The molecule has 1 amide bonds. The van der Waals surface area contributed by atoms with Gasteiger partial charge in [-0.1, -0.05) is 28.9 Å². The largest absolute Gasteiger partial charge is 0.342 e. The molecule has 1 unspecified atom stereocenters. The first-order valence-electron chi connectivity index (χ1n) is 10.4. The minimum atomic E-state index is 0.122. The summed E-state index contributed by atoms with van der Waals surface area (Å²) < 4.78 is 6.54. The van der Waals surface area contributed by atoms with Crippen molar-refractivity contribution in [3.8, 4) is 11.4 Å². The van der Waals surface area contributed by atoms with E-state index in [1.807, 2.05) is 35.2 Å². The van der Waals surface area contributed by atoms with Crippen LogP contribution in [0.2, 0.25) is 5.02 Å². The Labute approximate surface area is 188 Å². The van der Waals surface area contributed by atoms with Gasteiger partial charge in [0.25, 0.3) is 0 Å². The summed E-state index contributed by atoms with van der Waals surface area (Å²) in [5, 5.41) is 5.80. The number of thiazole rings is 1. The van der Waals surface area contributed by atoms with Gasteiger partial charge in [-0.05, 0) is 49.2 Å². The number of carbonyl (C=O) groups excluding carboxylic acids is 1. The number of aromatic nitrogens is 3. The maximum absolute atomic E-state index is 12.8. The molecule has 4 aromatic rings. The van der Waals surface area contributed by atoms with Crippen LogP contribution in [0.1, 0.15) is 36.1 Å². The second-order valence-electron chi connectivity index (χ2n) is 7.72. The zero-order valence-electron chi connectivity index (χ0n) is 16.8. The standard InChI is InChI=1S/C23H21ClN4O2S/c24-17-9-7-15(8-10-17)22-26-20(30-27-22)11-12-21(29)28-13-3-4-16(14-28)23-25-18-5-1-2-6-19(18)31-23/h1-2,5-10,16H,3-4,11-14H2. The second-order valence-corrected chi connectivity index (χ2v) is 9.22. The first kappa shape index (κ1) is 20.2. The molecule has 0 bridgehead atoms. The molecule has 1 aliphatic heterocycles. The molecular weight excluding hydrogens is 432 g/mol. The molecule has 0 spiro atoms. The maximum Gasteiger partial charge on any atom is 0.227 e. The van der Waals surface area contributed by atoms with Crippen LogP contribution in [0.25, 0.3) is 21.6 Å². The van der Waals surface area contributed by atoms with Crippen LogP contribution in [0.3, 0.4) is 0 Å². The lowest BCUT2D eigenvalue weighted by molar-refractivity contribution is -0.132. The quantitative estimate of drug-likeness (QED) is 0.408. The first-order chi connectivity index (χ1) is 15.2. The SMILES string of the molecule is O=C(CCc1nc(-c2ccc(Cl)cc2)no1)N1CCCC(c2nc3ccccc3s2)C1. The van der Waals surface area contributed by atoms with Crippen molar-refractivity contribution in [2.24, 2.45) is 0 Å². The summed E-state index contributed by atoms with van der Waals surface area (Å²) in [5.74, 6) is 1.40. The Morgan fingerprint density at radius 2 is 2.00 bits per heavy atom. The number of halogens is 1. The maximum atomic E-state index is 12.8. The molecule has 0 radical (unpaired) electrons. The number of carbonyl (C=O) groups is 1. The highest BCUT2D eigenvalue weighted by Crippen LogP contribution is 2.33. The Morgan fingerprint density at radius 1 is 1.16 bits per heavy atom. The van der Waals surface area contributed by atoms with Crippen molar-refractivity contribution < 1.29 is 9.32 Å². The average Bonchev–Trinajstić information content (AvgIpc) is 3.45. The summed E-state index contributed by atoms with van der Waals surface area (Å²) in [5.41, 5.74) is 1.87. The molecule has 1 atom stereocenters. The molecule has 6 nitrogen and oxygen atoms in total. The molecule has 1 aliphatic rings. The lowest BCUT2D eigenvalue weighted by atomic mass is 9.98. The van der Waals surface area contributed by atoms with E-state index in [4.69, 9.17) is 21.1 Å². The summed E-state index contributed by atoms with van der Waals surface area (Å²) in [6.45, 7) is 1.51. The van der Waals surface area contributed by atoms with Crippen molar-refractivity contribution in [2.45, 2.75) is 31.6 Å². The van der Waals surface area contributed by atoms with Crippen LogP contribution in [-0.2, 0) is 11.2 Å². The Morgan fingerprint density at radius 3 is 2.84 bits per heavy atom. The molecule has 0 aliphatic carbocycles. The van der Waals surface area contributed by atoms with Gasteiger partial charge >= 0.3 is 0 Å². The normalized spacial score (nSPS) is 16.7. The van der Waals surface area contributed by atoms with Gasteiger partial charge < -0.3 is 9.42 Å². The lowest BCUT2D eigenvalue weighted by Gasteiger charge is -2.31. The van der Waals surface area contributed by atoms with Gasteiger partial charge in [0.2, 0.25) is 17.6 Å². The number of fused-ring (bicyclic) bond motifs is 1. The van der Waals surface area contributed by atoms with E-state index < -0.39 is 0 Å². The summed E-state index contributed by atoms with van der Waals surface area (Å²) in [6.07, 6.45) is 2.85. The van der Waals surface area contributed by atoms with Crippen LogP contribution >= 0.6 is 22.9 Å². The predicted octanol–water partition coefficient (Wildman–Crippen LogP) is 5.34. The summed E-state index contributed by atoms with van der Waals surface area (Å²) >= 11 is 7.66. The minimum absolute atomic E-state index is 0.122. The average molecular weight is 453 g/mol. The topological polar surface area (TPSA) is 72.1 Å². The number of hydrogen-bond acceptors (Lipinski definition) is 6. The molecule has 8 heteroatoms. The predicted molar refractivity (Wildman–Crippen MR) is 121 cm³/mol.